The highest BCUT2D eigenvalue weighted by Crippen LogP contribution is 2.18. The van der Waals surface area contributed by atoms with Crippen LogP contribution in [0.25, 0.3) is 5.78 Å². The molecule has 8 heteroatoms. The summed E-state index contributed by atoms with van der Waals surface area (Å²) in [6.45, 7) is 5.37. The molecule has 3 heterocycles. The van der Waals surface area contributed by atoms with E-state index in [1.807, 2.05) is 20.1 Å². The number of nitrogens with zero attached hydrogens (tertiary/aromatic N) is 4. The van der Waals surface area contributed by atoms with Gasteiger partial charge in [-0.05, 0) is 44.9 Å². The number of aryl methyl sites for hydroxylation is 2. The summed E-state index contributed by atoms with van der Waals surface area (Å²) in [6.07, 6.45) is 5.31. The monoisotopic (exact) mass is 349 g/mol. The summed E-state index contributed by atoms with van der Waals surface area (Å²) in [7, 11) is 0. The van der Waals surface area contributed by atoms with E-state index < -0.39 is 0 Å². The third-order valence-electron chi connectivity index (χ3n) is 4.37. The topological polar surface area (TPSA) is 81.4 Å². The van der Waals surface area contributed by atoms with Gasteiger partial charge in [-0.25, -0.2) is 9.50 Å². The number of hydrogen-bond acceptors (Lipinski definition) is 6. The fourth-order valence-electron chi connectivity index (χ4n) is 3.00. The lowest BCUT2D eigenvalue weighted by molar-refractivity contribution is -0.121. The number of fused-ring (bicyclic) bond motifs is 1. The van der Waals surface area contributed by atoms with Crippen LogP contribution < -0.4 is 5.32 Å². The Bertz CT molecular complexity index is 740. The molecule has 130 valence electrons. The van der Waals surface area contributed by atoms with Gasteiger partial charge in [-0.15, -0.1) is 5.10 Å². The summed E-state index contributed by atoms with van der Waals surface area (Å²) >= 11 is 1.49. The van der Waals surface area contributed by atoms with Crippen LogP contribution in [0.2, 0.25) is 0 Å². The molecule has 0 radical (unpaired) electrons. The number of amides is 1. The van der Waals surface area contributed by atoms with E-state index in [0.717, 1.165) is 36.4 Å². The third-order valence-corrected chi connectivity index (χ3v) is 4.90. The molecule has 24 heavy (non-hydrogen) atoms. The summed E-state index contributed by atoms with van der Waals surface area (Å²) in [6, 6.07) is 0. The van der Waals surface area contributed by atoms with Gasteiger partial charge in [-0.3, -0.25) is 4.79 Å². The maximum Gasteiger partial charge on any atom is 0.253 e. The number of aromatic nitrogens is 4. The van der Waals surface area contributed by atoms with Gasteiger partial charge in [0.1, 0.15) is 0 Å². The van der Waals surface area contributed by atoms with Crippen molar-refractivity contribution in [3.63, 3.8) is 0 Å². The Balaban J connectivity index is 1.64. The molecule has 0 aliphatic carbocycles. The first-order valence-corrected chi connectivity index (χ1v) is 9.46. The Kier molecular flexibility index (Phi) is 5.35. The number of carbonyl (C=O) groups is 1. The van der Waals surface area contributed by atoms with Crippen molar-refractivity contribution < 1.29 is 9.53 Å². The van der Waals surface area contributed by atoms with Crippen molar-refractivity contribution in [3.05, 3.63) is 17.0 Å². The predicted octanol–water partition coefficient (Wildman–Crippen LogP) is 1.69. The van der Waals surface area contributed by atoms with E-state index in [1.165, 1.54) is 11.8 Å². The molecule has 1 atom stereocenters. The molecule has 1 N–H and O–H groups in total. The van der Waals surface area contributed by atoms with Crippen LogP contribution in [0, 0.1) is 13.8 Å². The van der Waals surface area contributed by atoms with E-state index in [0.29, 0.717) is 30.3 Å². The molecule has 7 nitrogen and oxygen atoms in total. The second-order valence-electron chi connectivity index (χ2n) is 6.01. The van der Waals surface area contributed by atoms with E-state index in [4.69, 9.17) is 4.74 Å². The molecular weight excluding hydrogens is 326 g/mol. The third kappa shape index (κ3) is 3.70. The molecule has 1 amide bonds. The SMILES string of the molecule is CSc1nc2nc(C)c(CCC(=O)NCC3CCCO3)c(C)n2n1. The first-order valence-electron chi connectivity index (χ1n) is 8.23. The minimum absolute atomic E-state index is 0.0489. The minimum atomic E-state index is 0.0489. The van der Waals surface area contributed by atoms with Crippen molar-refractivity contribution in [2.75, 3.05) is 19.4 Å². The molecule has 0 aromatic carbocycles. The molecule has 1 fully saturated rings. The summed E-state index contributed by atoms with van der Waals surface area (Å²) < 4.78 is 7.28. The van der Waals surface area contributed by atoms with E-state index >= 15 is 0 Å². The molecule has 1 saturated heterocycles. The standard InChI is InChI=1S/C16H23N5O2S/c1-10-13(6-7-14(22)17-9-12-5-4-8-23-12)11(2)21-15(18-10)19-16(20-21)24-3/h12H,4-9H2,1-3H3,(H,17,22). The van der Waals surface area contributed by atoms with Gasteiger partial charge in [0.05, 0.1) is 6.10 Å². The molecule has 2 aromatic heterocycles. The van der Waals surface area contributed by atoms with Crippen molar-refractivity contribution >= 4 is 23.4 Å². The maximum absolute atomic E-state index is 12.1. The minimum Gasteiger partial charge on any atom is -0.376 e. The van der Waals surface area contributed by atoms with Crippen molar-refractivity contribution in [3.8, 4) is 0 Å². The van der Waals surface area contributed by atoms with Crippen molar-refractivity contribution in [2.24, 2.45) is 0 Å². The number of rotatable bonds is 6. The molecule has 0 saturated carbocycles. The van der Waals surface area contributed by atoms with E-state index in [2.05, 4.69) is 20.4 Å². The Hall–Kier alpha value is -1.67. The van der Waals surface area contributed by atoms with Gasteiger partial charge in [0, 0.05) is 31.0 Å². The first kappa shape index (κ1) is 17.2. The summed E-state index contributed by atoms with van der Waals surface area (Å²) in [5.74, 6) is 0.661. The highest BCUT2D eigenvalue weighted by molar-refractivity contribution is 7.98. The Labute approximate surface area is 145 Å². The van der Waals surface area contributed by atoms with Crippen LogP contribution >= 0.6 is 11.8 Å². The molecule has 1 unspecified atom stereocenters. The smallest absolute Gasteiger partial charge is 0.253 e. The van der Waals surface area contributed by atoms with E-state index in [-0.39, 0.29) is 12.0 Å². The molecule has 1 aliphatic heterocycles. The van der Waals surface area contributed by atoms with Crippen LogP contribution in [0.3, 0.4) is 0 Å². The average molecular weight is 349 g/mol. The van der Waals surface area contributed by atoms with Crippen LogP contribution in [0.1, 0.15) is 36.2 Å². The molecule has 0 bridgehead atoms. The maximum atomic E-state index is 12.1. The zero-order chi connectivity index (χ0) is 17.1. The second-order valence-corrected chi connectivity index (χ2v) is 6.78. The van der Waals surface area contributed by atoms with Gasteiger partial charge >= 0.3 is 0 Å². The lowest BCUT2D eigenvalue weighted by Gasteiger charge is -2.12. The zero-order valence-corrected chi connectivity index (χ0v) is 15.2. The zero-order valence-electron chi connectivity index (χ0n) is 14.3. The lowest BCUT2D eigenvalue weighted by Crippen LogP contribution is -2.32. The Morgan fingerprint density at radius 3 is 2.96 bits per heavy atom. The Morgan fingerprint density at radius 1 is 1.42 bits per heavy atom. The van der Waals surface area contributed by atoms with Gasteiger partial charge < -0.3 is 10.1 Å². The molecular formula is C16H23N5O2S. The largest absolute Gasteiger partial charge is 0.376 e. The van der Waals surface area contributed by atoms with Gasteiger partial charge in [0.25, 0.3) is 5.78 Å². The highest BCUT2D eigenvalue weighted by atomic mass is 32.2. The van der Waals surface area contributed by atoms with Crippen LogP contribution in [0.4, 0.5) is 0 Å². The lowest BCUT2D eigenvalue weighted by atomic mass is 10.1. The fraction of sp³-hybridized carbons (Fsp3) is 0.625. The number of hydrogen-bond donors (Lipinski definition) is 1. The van der Waals surface area contributed by atoms with Crippen LogP contribution in [-0.4, -0.2) is 51.0 Å². The number of carbonyl (C=O) groups excluding carboxylic acids is 1. The predicted molar refractivity (Wildman–Crippen MR) is 92.3 cm³/mol. The number of thioether (sulfide) groups is 1. The molecule has 0 spiro atoms. The van der Waals surface area contributed by atoms with E-state index in [1.54, 1.807) is 4.52 Å². The van der Waals surface area contributed by atoms with Crippen LogP contribution in [0.5, 0.6) is 0 Å². The molecule has 2 aromatic rings. The highest BCUT2D eigenvalue weighted by Gasteiger charge is 2.17. The summed E-state index contributed by atoms with van der Waals surface area (Å²) in [5, 5.41) is 8.10. The van der Waals surface area contributed by atoms with Gasteiger partial charge in [-0.1, -0.05) is 11.8 Å². The average Bonchev–Trinajstić information content (AvgIpc) is 3.21. The van der Waals surface area contributed by atoms with Crippen molar-refractivity contribution in [1.82, 2.24) is 24.9 Å². The molecule has 1 aliphatic rings. The van der Waals surface area contributed by atoms with Gasteiger partial charge in [0.2, 0.25) is 11.1 Å². The summed E-state index contributed by atoms with van der Waals surface area (Å²) in [5.41, 5.74) is 2.97. The van der Waals surface area contributed by atoms with Gasteiger partial charge in [-0.2, -0.15) is 4.98 Å². The number of nitrogens with one attached hydrogen (secondary N) is 1. The normalized spacial score (nSPS) is 17.5. The van der Waals surface area contributed by atoms with Crippen molar-refractivity contribution in [1.29, 1.82) is 0 Å². The summed E-state index contributed by atoms with van der Waals surface area (Å²) in [4.78, 5) is 21.0. The second kappa shape index (κ2) is 7.48. The Morgan fingerprint density at radius 2 is 2.25 bits per heavy atom. The quantitative estimate of drug-likeness (QED) is 0.799. The van der Waals surface area contributed by atoms with Crippen LogP contribution in [0.15, 0.2) is 5.16 Å². The van der Waals surface area contributed by atoms with Gasteiger partial charge in [0.15, 0.2) is 0 Å². The molecule has 3 rings (SSSR count). The van der Waals surface area contributed by atoms with E-state index in [9.17, 15) is 4.79 Å². The van der Waals surface area contributed by atoms with Crippen molar-refractivity contribution in [2.45, 2.75) is 50.8 Å². The number of ether oxygens (including phenoxy) is 1. The fourth-order valence-corrected chi connectivity index (χ4v) is 3.33. The van der Waals surface area contributed by atoms with Crippen LogP contribution in [-0.2, 0) is 16.0 Å². The first-order chi connectivity index (χ1) is 11.6.